The van der Waals surface area contributed by atoms with E-state index in [0.717, 1.165) is 22.3 Å². The first-order valence-electron chi connectivity index (χ1n) is 45.9. The van der Waals surface area contributed by atoms with Crippen LogP contribution in [0.4, 0.5) is 10.6 Å². The molecule has 4 amide bonds. The standard InChI is InChI=1S/C95H141N9O26S/c1-63-17-13-12-14-18-64(2)82(116-9)59-75-24-20-70(8)95(113,130-75)90(108)92(110)104-33-16-15-19-79(104)93(111)128-83(60-78(101-102-97)66(4)54-69(7)88(107)89(118-11)87(106)68(6)53-63)67(5)55-71-21-27-81(84(57-71)117-10)129-94(112)99-31-36-120-39-41-122-43-45-124-47-49-126-51-50-125-48-46-123-44-42-121-40-38-119-35-30-86(105)98-32-52-131(114,115)76-25-26-77(65(3)56-76)91(109)103-34-37-127-80-28-22-72(58-74(80)62-103)73-23-29-85(96)100-61-73/h12-14,17-18,22-23,25-26,28-29,54,56,58,61,63,66-68,70-71,75,78-79,81-84,88-89,107,113H,15-16,19-21,24,27,30-53,55,57,59-60,62H2,1-11H3,(H2,96,100)(H,98,105)(H,99,112)/b14-12+,17-13+,64-18+,69-54+/t63?,66-,67-,68?,70-,71+,75+,78+,79+,81-,82?,83+,84-,88-,89+,95-/m1/s1. The highest BCUT2D eigenvalue weighted by Gasteiger charge is 2.53. The van der Waals surface area contributed by atoms with E-state index in [0.29, 0.717) is 185 Å². The second-order valence-electron chi connectivity index (χ2n) is 34.5. The van der Waals surface area contributed by atoms with E-state index in [1.165, 1.54) is 30.2 Å². The molecule has 5 heterocycles. The summed E-state index contributed by atoms with van der Waals surface area (Å²) in [5, 5.41) is 33.6. The van der Waals surface area contributed by atoms with E-state index in [4.69, 9.17) is 76.8 Å². The van der Waals surface area contributed by atoms with Crippen molar-refractivity contribution in [3.63, 3.8) is 0 Å². The fraction of sp³-hybridized carbons (Fsp3) is 0.663. The number of carbonyl (C=O) groups is 7. The number of rotatable bonds is 41. The lowest BCUT2D eigenvalue weighted by molar-refractivity contribution is -0.265. The molecule has 35 nitrogen and oxygen atoms in total. The Hall–Kier alpha value is -8.66. The van der Waals surface area contributed by atoms with Crippen LogP contribution in [0, 0.1) is 42.4 Å². The summed E-state index contributed by atoms with van der Waals surface area (Å²) in [4.78, 5) is 108. The molecule has 1 aromatic heterocycles. The zero-order chi connectivity index (χ0) is 94.8. The molecule has 3 aromatic rings. The predicted molar refractivity (Wildman–Crippen MR) is 487 cm³/mol. The predicted octanol–water partition coefficient (Wildman–Crippen LogP) is 10.1. The van der Waals surface area contributed by atoms with Crippen molar-refractivity contribution < 1.29 is 123 Å². The van der Waals surface area contributed by atoms with Crippen molar-refractivity contribution in [3.05, 3.63) is 129 Å². The number of aryl methyl sites for hydroxylation is 1. The number of benzene rings is 2. The van der Waals surface area contributed by atoms with E-state index in [1.807, 2.05) is 82.3 Å². The van der Waals surface area contributed by atoms with Crippen LogP contribution in [0.15, 0.2) is 112 Å². The number of aliphatic hydroxyl groups excluding tert-OH is 1. The maximum absolute atomic E-state index is 14.9. The number of sulfone groups is 1. The molecule has 3 fully saturated rings. The van der Waals surface area contributed by atoms with Crippen molar-refractivity contribution in [1.29, 1.82) is 0 Å². The molecule has 6 N–H and O–H groups in total. The molecule has 4 aliphatic heterocycles. The number of nitrogen functional groups attached to an aromatic ring is 1. The number of piperidine rings is 1. The number of nitrogens with two attached hydrogens (primary N) is 1. The Balaban J connectivity index is 0.655. The minimum atomic E-state index is -3.79. The molecule has 0 spiro atoms. The molecule has 5 aliphatic rings. The van der Waals surface area contributed by atoms with E-state index in [-0.39, 0.29) is 112 Å². The highest BCUT2D eigenvalue weighted by atomic mass is 32.2. The lowest BCUT2D eigenvalue weighted by Gasteiger charge is -2.43. The molecule has 36 heteroatoms. The maximum atomic E-state index is 14.9. The smallest absolute Gasteiger partial charge is 0.407 e. The first-order valence-corrected chi connectivity index (χ1v) is 47.6. The number of carbonyl (C=O) groups excluding carboxylic acids is 7. The summed E-state index contributed by atoms with van der Waals surface area (Å²) in [7, 11) is 0.704. The normalized spacial score (nSPS) is 27.0. The summed E-state index contributed by atoms with van der Waals surface area (Å²) in [5.74, 6) is -7.92. The van der Waals surface area contributed by atoms with Gasteiger partial charge >= 0.3 is 12.1 Å². The van der Waals surface area contributed by atoms with Crippen molar-refractivity contribution in [1.82, 2.24) is 25.4 Å². The molecule has 2 aromatic carbocycles. The molecule has 16 atom stereocenters. The lowest BCUT2D eigenvalue weighted by Crippen LogP contribution is -2.61. The fourth-order valence-corrected chi connectivity index (χ4v) is 18.1. The van der Waals surface area contributed by atoms with E-state index in [2.05, 4.69) is 25.6 Å². The van der Waals surface area contributed by atoms with Crippen LogP contribution in [0.2, 0.25) is 0 Å². The molecular formula is C95H141N9O26S. The van der Waals surface area contributed by atoms with Gasteiger partial charge in [0.05, 0.1) is 141 Å². The Labute approximate surface area is 771 Å². The molecule has 728 valence electrons. The number of hydrogen-bond donors (Lipinski definition) is 5. The summed E-state index contributed by atoms with van der Waals surface area (Å²) in [6.45, 7) is 20.6. The largest absolute Gasteiger partial charge is 0.491 e. The van der Waals surface area contributed by atoms with Gasteiger partial charge in [0.2, 0.25) is 11.7 Å². The number of ether oxygens (including phenoxy) is 15. The number of fused-ring (bicyclic) bond motifs is 4. The van der Waals surface area contributed by atoms with Crippen LogP contribution in [-0.4, -0.2) is 301 Å². The van der Waals surface area contributed by atoms with Gasteiger partial charge in [0.25, 0.3) is 17.6 Å². The van der Waals surface area contributed by atoms with Gasteiger partial charge in [-0.05, 0) is 185 Å². The average molecular weight is 1860 g/mol. The number of anilines is 1. The van der Waals surface area contributed by atoms with Crippen LogP contribution in [0.3, 0.4) is 0 Å². The molecular weight excluding hydrogens is 1720 g/mol. The van der Waals surface area contributed by atoms with Gasteiger partial charge in [-0.15, -0.1) is 0 Å². The summed E-state index contributed by atoms with van der Waals surface area (Å²) in [5.41, 5.74) is 20.6. The summed E-state index contributed by atoms with van der Waals surface area (Å²) >= 11 is 0. The fourth-order valence-electron chi connectivity index (χ4n) is 16.9. The number of azide groups is 1. The van der Waals surface area contributed by atoms with Crippen LogP contribution in [0.1, 0.15) is 153 Å². The van der Waals surface area contributed by atoms with Gasteiger partial charge in [0.15, 0.2) is 15.6 Å². The number of cyclic esters (lactones) is 1. The number of ketones is 2. The van der Waals surface area contributed by atoms with E-state index in [9.17, 15) is 57.7 Å². The monoisotopic (exact) mass is 1860 g/mol. The van der Waals surface area contributed by atoms with Crippen molar-refractivity contribution >= 4 is 57.0 Å². The number of nitrogens with zero attached hydrogens (tertiary/aromatic N) is 6. The van der Waals surface area contributed by atoms with Gasteiger partial charge in [0.1, 0.15) is 48.6 Å². The number of methoxy groups -OCH3 is 3. The molecule has 3 unspecified atom stereocenters. The highest BCUT2D eigenvalue weighted by molar-refractivity contribution is 7.91. The Bertz CT molecular complexity index is 4400. The van der Waals surface area contributed by atoms with Crippen molar-refractivity contribution in [2.75, 3.05) is 171 Å². The summed E-state index contributed by atoms with van der Waals surface area (Å²) < 4.78 is 113. The second-order valence-corrected chi connectivity index (χ2v) is 36.6. The molecule has 131 heavy (non-hydrogen) atoms. The number of hydrogen-bond acceptors (Lipinski definition) is 29. The molecule has 8 rings (SSSR count). The number of allylic oxidation sites excluding steroid dienone is 5. The van der Waals surface area contributed by atoms with E-state index >= 15 is 0 Å². The number of aromatic nitrogens is 1. The van der Waals surface area contributed by atoms with Gasteiger partial charge in [0, 0.05) is 106 Å². The molecule has 1 aliphatic carbocycles. The molecule has 2 saturated heterocycles. The average Bonchev–Trinajstić information content (AvgIpc) is 1.64. The quantitative estimate of drug-likeness (QED) is 0.00670. The van der Waals surface area contributed by atoms with Crippen LogP contribution >= 0.6 is 0 Å². The number of alkyl carbamates (subject to hydrolysis) is 1. The maximum Gasteiger partial charge on any atom is 0.407 e. The Morgan fingerprint density at radius 2 is 1.37 bits per heavy atom. The molecule has 0 radical (unpaired) electrons. The zero-order valence-electron chi connectivity index (χ0n) is 78.1. The highest BCUT2D eigenvalue weighted by Crippen LogP contribution is 2.40. The summed E-state index contributed by atoms with van der Waals surface area (Å²) in [6, 6.07) is 11.7. The van der Waals surface area contributed by atoms with E-state index in [1.54, 1.807) is 65.2 Å². The van der Waals surface area contributed by atoms with Gasteiger partial charge in [-0.1, -0.05) is 82.3 Å². The number of Topliss-reactive ketones (excluding diaryl/α,β-unsaturated/α-hetero) is 2. The molecule has 2 bridgehead atoms. The minimum absolute atomic E-state index is 0.00124. The van der Waals surface area contributed by atoms with Crippen LogP contribution in [0.5, 0.6) is 5.75 Å². The third kappa shape index (κ3) is 34.6. The van der Waals surface area contributed by atoms with Crippen molar-refractivity contribution in [2.45, 2.75) is 211 Å². The van der Waals surface area contributed by atoms with Crippen molar-refractivity contribution in [3.8, 4) is 16.9 Å². The zero-order valence-corrected chi connectivity index (χ0v) is 79.0. The number of nitrogens with one attached hydrogen (secondary N) is 2. The number of esters is 1. The van der Waals surface area contributed by atoms with Gasteiger partial charge in [-0.25, -0.2) is 23.0 Å². The minimum Gasteiger partial charge on any atom is -0.491 e. The third-order valence-electron chi connectivity index (χ3n) is 24.6. The topological polar surface area (TPSA) is 451 Å². The number of amides is 4. The second kappa shape index (κ2) is 56.5. The van der Waals surface area contributed by atoms with E-state index < -0.39 is 118 Å². The van der Waals surface area contributed by atoms with Crippen LogP contribution < -0.4 is 21.1 Å². The lowest BCUT2D eigenvalue weighted by atomic mass is 9.78. The third-order valence-corrected chi connectivity index (χ3v) is 26.3. The summed E-state index contributed by atoms with van der Waals surface area (Å²) in [6.07, 6.45) is 11.5. The number of aliphatic hydroxyl groups is 2. The number of pyridine rings is 1. The Morgan fingerprint density at radius 3 is 1.99 bits per heavy atom. The first-order chi connectivity index (χ1) is 63.0. The van der Waals surface area contributed by atoms with Crippen molar-refractivity contribution in [2.24, 2.45) is 40.6 Å². The van der Waals surface area contributed by atoms with Crippen LogP contribution in [-0.2, 0) is 107 Å². The van der Waals surface area contributed by atoms with Gasteiger partial charge in [-0.2, -0.15) is 0 Å². The Morgan fingerprint density at radius 1 is 0.710 bits per heavy atom. The van der Waals surface area contributed by atoms with Crippen LogP contribution in [0.25, 0.3) is 21.6 Å². The van der Waals surface area contributed by atoms with Gasteiger partial charge in [-0.3, -0.25) is 24.0 Å². The molecule has 1 saturated carbocycles. The first kappa shape index (κ1) is 108. The van der Waals surface area contributed by atoms with Gasteiger partial charge < -0.3 is 107 Å². The SMILES string of the molecule is COC1C[C@@H]2CC[C@@H](C)[C@@](O)(O2)C(=O)C(=O)N2CCCC[C@H]2C(=O)O[C@H]([C@H](C)C[C@@H]2CC[C@@H](OC(=O)NCCOCCOCCOCCOCCOCCOCCOCCOCCC(=O)NCCS(=O)(=O)c3ccc(C(=O)N4CCOc5ccc(-c6ccc(N)nc6)cc5C4)c(C)c3)[C@H](OC)C2)C[C@H](N=[N+]=[N-])[C@H](C)/C=C(\C)[C@@H](O)[C@@H](OC)C(=O)C(C)CC(C)/C=C/C=C/C=C/1C. The Kier molecular flexibility index (Phi) is 46.4.